The molecule has 5 rings (SSSR count). The van der Waals surface area contributed by atoms with Crippen LogP contribution in [0, 0.1) is 0 Å². The minimum atomic E-state index is -0.728. The first-order valence-corrected chi connectivity index (χ1v) is 11.0. The molecular formula is C28H23NO6. The van der Waals surface area contributed by atoms with Gasteiger partial charge in [0.15, 0.2) is 16.9 Å². The number of nitrogens with zero attached hydrogens (tertiary/aromatic N) is 1. The van der Waals surface area contributed by atoms with E-state index in [9.17, 15) is 9.59 Å². The number of ether oxygens (including phenoxy) is 3. The lowest BCUT2D eigenvalue weighted by Gasteiger charge is -2.26. The second kappa shape index (κ2) is 9.02. The minimum absolute atomic E-state index is 0.0282. The van der Waals surface area contributed by atoms with Gasteiger partial charge >= 0.3 is 0 Å². The standard InChI is InChI=1S/C28H23NO6/c1-4-15-34-22-14-9-17(16-23(22)33-3)25-24-26(30)20-7-5-6-8-21(20)35-27(24)28(31)29(25)18-10-12-19(32-2)13-11-18/h4-14,16,25H,1,15H2,2-3H3. The van der Waals surface area contributed by atoms with Crippen molar-refractivity contribution in [2.45, 2.75) is 6.04 Å². The molecule has 1 aliphatic heterocycles. The summed E-state index contributed by atoms with van der Waals surface area (Å²) < 4.78 is 22.5. The molecule has 1 unspecified atom stereocenters. The van der Waals surface area contributed by atoms with Crippen molar-refractivity contribution in [3.8, 4) is 17.2 Å². The van der Waals surface area contributed by atoms with Crippen molar-refractivity contribution in [2.75, 3.05) is 25.7 Å². The zero-order chi connectivity index (χ0) is 24.5. The normalized spacial score (nSPS) is 14.6. The fourth-order valence-corrected chi connectivity index (χ4v) is 4.37. The number of benzene rings is 3. The van der Waals surface area contributed by atoms with Crippen LogP contribution in [0.4, 0.5) is 5.69 Å². The SMILES string of the molecule is C=CCOc1ccc(C2c3c(oc4ccccc4c3=O)C(=O)N2c2ccc(OC)cc2)cc1OC. The number of fused-ring (bicyclic) bond motifs is 2. The molecule has 2 heterocycles. The second-order valence-electron chi connectivity index (χ2n) is 7.96. The van der Waals surface area contributed by atoms with Gasteiger partial charge in [-0.15, -0.1) is 0 Å². The maximum Gasteiger partial charge on any atom is 0.295 e. The Morgan fingerprint density at radius 2 is 1.74 bits per heavy atom. The van der Waals surface area contributed by atoms with Gasteiger partial charge in [-0.05, 0) is 54.1 Å². The number of carbonyl (C=O) groups excluding carboxylic acids is 1. The Labute approximate surface area is 201 Å². The van der Waals surface area contributed by atoms with Crippen molar-refractivity contribution in [2.24, 2.45) is 0 Å². The van der Waals surface area contributed by atoms with Crippen LogP contribution in [0.2, 0.25) is 0 Å². The van der Waals surface area contributed by atoms with E-state index in [4.69, 9.17) is 18.6 Å². The molecule has 0 spiro atoms. The van der Waals surface area contributed by atoms with E-state index in [2.05, 4.69) is 6.58 Å². The van der Waals surface area contributed by atoms with Crippen molar-refractivity contribution in [1.82, 2.24) is 0 Å². The summed E-state index contributed by atoms with van der Waals surface area (Å²) in [6.45, 7) is 3.99. The van der Waals surface area contributed by atoms with Crippen molar-refractivity contribution >= 4 is 22.6 Å². The van der Waals surface area contributed by atoms with Gasteiger partial charge in [-0.3, -0.25) is 14.5 Å². The summed E-state index contributed by atoms with van der Waals surface area (Å²) in [5.41, 5.74) is 1.68. The van der Waals surface area contributed by atoms with Gasteiger partial charge in [0.05, 0.1) is 31.2 Å². The topological polar surface area (TPSA) is 78.2 Å². The Kier molecular flexibility index (Phi) is 5.74. The van der Waals surface area contributed by atoms with Gasteiger partial charge in [0.25, 0.3) is 5.91 Å². The summed E-state index contributed by atoms with van der Waals surface area (Å²) in [5.74, 6) is 1.29. The second-order valence-corrected chi connectivity index (χ2v) is 7.96. The Balaban J connectivity index is 1.73. The van der Waals surface area contributed by atoms with E-state index in [1.165, 1.54) is 7.11 Å². The number of amides is 1. The van der Waals surface area contributed by atoms with Gasteiger partial charge < -0.3 is 18.6 Å². The number of hydrogen-bond acceptors (Lipinski definition) is 6. The molecule has 0 saturated heterocycles. The van der Waals surface area contributed by atoms with Crippen LogP contribution in [0.3, 0.4) is 0 Å². The number of rotatable bonds is 7. The first-order chi connectivity index (χ1) is 17.1. The third kappa shape index (κ3) is 3.71. The van der Waals surface area contributed by atoms with E-state index in [1.54, 1.807) is 78.7 Å². The molecule has 1 aliphatic rings. The molecule has 35 heavy (non-hydrogen) atoms. The lowest BCUT2D eigenvalue weighted by molar-refractivity contribution is 0.0971. The Hall–Kier alpha value is -4.52. The van der Waals surface area contributed by atoms with E-state index in [-0.39, 0.29) is 16.8 Å². The number of carbonyl (C=O) groups is 1. The summed E-state index contributed by atoms with van der Waals surface area (Å²) in [4.78, 5) is 28.9. The van der Waals surface area contributed by atoms with Crippen molar-refractivity contribution in [1.29, 1.82) is 0 Å². The average molecular weight is 469 g/mol. The Morgan fingerprint density at radius 3 is 2.46 bits per heavy atom. The zero-order valence-corrected chi connectivity index (χ0v) is 19.3. The first-order valence-electron chi connectivity index (χ1n) is 11.0. The molecule has 0 saturated carbocycles. The minimum Gasteiger partial charge on any atom is -0.497 e. The van der Waals surface area contributed by atoms with Crippen molar-refractivity contribution < 1.29 is 23.4 Å². The molecule has 0 N–H and O–H groups in total. The molecule has 1 amide bonds. The maximum absolute atomic E-state index is 13.7. The quantitative estimate of drug-likeness (QED) is 0.350. The summed E-state index contributed by atoms with van der Waals surface area (Å²) in [6.07, 6.45) is 1.64. The highest BCUT2D eigenvalue weighted by Gasteiger charge is 2.44. The maximum atomic E-state index is 13.7. The molecule has 7 heteroatoms. The lowest BCUT2D eigenvalue weighted by Crippen LogP contribution is -2.29. The van der Waals surface area contributed by atoms with Crippen LogP contribution in [0.5, 0.6) is 17.2 Å². The van der Waals surface area contributed by atoms with Crippen LogP contribution in [0.25, 0.3) is 11.0 Å². The van der Waals surface area contributed by atoms with E-state index in [0.29, 0.717) is 46.1 Å². The largest absolute Gasteiger partial charge is 0.497 e. The molecule has 0 radical (unpaired) electrons. The number of para-hydroxylation sites is 1. The van der Waals surface area contributed by atoms with Gasteiger partial charge in [-0.1, -0.05) is 30.9 Å². The highest BCUT2D eigenvalue weighted by molar-refractivity contribution is 6.10. The monoisotopic (exact) mass is 469 g/mol. The third-order valence-corrected chi connectivity index (χ3v) is 5.99. The summed E-state index contributed by atoms with van der Waals surface area (Å²) in [5, 5.41) is 0.415. The van der Waals surface area contributed by atoms with Gasteiger partial charge in [-0.25, -0.2) is 0 Å². The van der Waals surface area contributed by atoms with Crippen LogP contribution >= 0.6 is 0 Å². The zero-order valence-electron chi connectivity index (χ0n) is 19.3. The molecule has 0 bridgehead atoms. The molecule has 1 aromatic heterocycles. The lowest BCUT2D eigenvalue weighted by atomic mass is 9.97. The summed E-state index contributed by atoms with van der Waals surface area (Å²) in [7, 11) is 3.11. The first kappa shape index (κ1) is 22.3. The predicted molar refractivity (Wildman–Crippen MR) is 133 cm³/mol. The average Bonchev–Trinajstić information content (AvgIpc) is 3.19. The molecule has 3 aromatic carbocycles. The number of anilines is 1. The van der Waals surface area contributed by atoms with Gasteiger partial charge in [-0.2, -0.15) is 0 Å². The number of methoxy groups -OCH3 is 2. The Bertz CT molecular complexity index is 1490. The van der Waals surface area contributed by atoms with Gasteiger partial charge in [0.2, 0.25) is 5.76 Å². The third-order valence-electron chi connectivity index (χ3n) is 5.99. The van der Waals surface area contributed by atoms with Crippen LogP contribution in [0.15, 0.2) is 88.6 Å². The highest BCUT2D eigenvalue weighted by atomic mass is 16.5. The van der Waals surface area contributed by atoms with E-state index in [0.717, 1.165) is 0 Å². The fourth-order valence-electron chi connectivity index (χ4n) is 4.37. The van der Waals surface area contributed by atoms with Crippen LogP contribution in [-0.4, -0.2) is 26.7 Å². The molecule has 4 aromatic rings. The van der Waals surface area contributed by atoms with Crippen LogP contribution in [-0.2, 0) is 0 Å². The van der Waals surface area contributed by atoms with E-state index in [1.807, 2.05) is 6.07 Å². The van der Waals surface area contributed by atoms with Crippen LogP contribution in [0.1, 0.15) is 27.7 Å². The summed E-state index contributed by atoms with van der Waals surface area (Å²) >= 11 is 0. The van der Waals surface area contributed by atoms with Gasteiger partial charge in [0, 0.05) is 5.69 Å². The smallest absolute Gasteiger partial charge is 0.295 e. The Morgan fingerprint density at radius 1 is 0.971 bits per heavy atom. The molecular weight excluding hydrogens is 446 g/mol. The van der Waals surface area contributed by atoms with Crippen molar-refractivity contribution in [3.05, 3.63) is 106 Å². The number of hydrogen-bond donors (Lipinski definition) is 0. The molecule has 176 valence electrons. The molecule has 7 nitrogen and oxygen atoms in total. The molecule has 1 atom stereocenters. The molecule has 0 aliphatic carbocycles. The fraction of sp³-hybridized carbons (Fsp3) is 0.143. The predicted octanol–water partition coefficient (Wildman–Crippen LogP) is 5.12. The van der Waals surface area contributed by atoms with Gasteiger partial charge in [0.1, 0.15) is 17.9 Å². The van der Waals surface area contributed by atoms with Crippen LogP contribution < -0.4 is 24.5 Å². The van der Waals surface area contributed by atoms with Crippen molar-refractivity contribution in [3.63, 3.8) is 0 Å². The molecule has 0 fully saturated rings. The summed E-state index contributed by atoms with van der Waals surface area (Å²) in [6, 6.07) is 18.6. The van der Waals surface area contributed by atoms with E-state index < -0.39 is 11.9 Å². The highest BCUT2D eigenvalue weighted by Crippen LogP contribution is 2.43. The van der Waals surface area contributed by atoms with E-state index >= 15 is 0 Å².